The quantitative estimate of drug-likeness (QED) is 0.556. The van der Waals surface area contributed by atoms with Crippen molar-refractivity contribution in [2.45, 2.75) is 17.8 Å². The number of nitrogens with zero attached hydrogens (tertiary/aromatic N) is 5. The number of anilines is 1. The molecule has 0 atom stereocenters. The van der Waals surface area contributed by atoms with E-state index in [1.807, 2.05) is 6.92 Å². The highest BCUT2D eigenvalue weighted by atomic mass is 32.2. The number of fused-ring (bicyclic) bond motifs is 2. The van der Waals surface area contributed by atoms with Gasteiger partial charge >= 0.3 is 0 Å². The minimum Gasteiger partial charge on any atom is -0.382 e. The third-order valence-corrected chi connectivity index (χ3v) is 4.81. The molecule has 0 spiro atoms. The standard InChI is InChI=1S/C13H11N7S2/c1-6-2-3-7(9-8(6)19-22-20-9)4-21-13-17-10-11(14)15-5-16-12(10)18-13/h2-3,5H,4H2,1H3,(H3,14,15,16,17,18). The van der Waals surface area contributed by atoms with Crippen LogP contribution in [-0.2, 0) is 5.75 Å². The lowest BCUT2D eigenvalue weighted by atomic mass is 10.1. The van der Waals surface area contributed by atoms with Crippen LogP contribution in [0.1, 0.15) is 11.1 Å². The Morgan fingerprint density at radius 3 is 2.95 bits per heavy atom. The van der Waals surface area contributed by atoms with Crippen LogP contribution in [0.5, 0.6) is 0 Å². The maximum Gasteiger partial charge on any atom is 0.183 e. The third-order valence-electron chi connectivity index (χ3n) is 3.36. The van der Waals surface area contributed by atoms with Crippen LogP contribution in [-0.4, -0.2) is 28.7 Å². The zero-order valence-corrected chi connectivity index (χ0v) is 13.2. The number of hydrogen-bond donors (Lipinski definition) is 2. The third kappa shape index (κ3) is 2.18. The molecule has 0 aliphatic heterocycles. The average molecular weight is 329 g/mol. The van der Waals surface area contributed by atoms with E-state index in [1.165, 1.54) is 18.1 Å². The Bertz CT molecular complexity index is 975. The van der Waals surface area contributed by atoms with E-state index in [0.29, 0.717) is 17.0 Å². The van der Waals surface area contributed by atoms with Gasteiger partial charge in [0.25, 0.3) is 0 Å². The molecule has 22 heavy (non-hydrogen) atoms. The number of hydrogen-bond acceptors (Lipinski definition) is 8. The molecule has 0 amide bonds. The molecular formula is C13H11N7S2. The van der Waals surface area contributed by atoms with Gasteiger partial charge in [0.05, 0.1) is 11.7 Å². The van der Waals surface area contributed by atoms with Gasteiger partial charge in [-0.2, -0.15) is 8.75 Å². The molecule has 0 radical (unpaired) electrons. The minimum atomic E-state index is 0.408. The van der Waals surface area contributed by atoms with Crippen molar-refractivity contribution in [3.05, 3.63) is 29.6 Å². The van der Waals surface area contributed by atoms with E-state index < -0.39 is 0 Å². The lowest BCUT2D eigenvalue weighted by Crippen LogP contribution is -1.91. The Balaban J connectivity index is 1.64. The molecule has 0 saturated carbocycles. The summed E-state index contributed by atoms with van der Waals surface area (Å²) in [5.41, 5.74) is 11.3. The van der Waals surface area contributed by atoms with Crippen LogP contribution in [0, 0.1) is 6.92 Å². The SMILES string of the molecule is Cc1ccc(CSc2nc3ncnc(N)c3[nH]2)c2nsnc12. The van der Waals surface area contributed by atoms with Crippen LogP contribution in [0.25, 0.3) is 22.2 Å². The Kier molecular flexibility index (Phi) is 3.16. The van der Waals surface area contributed by atoms with Gasteiger partial charge in [-0.05, 0) is 18.1 Å². The van der Waals surface area contributed by atoms with E-state index in [1.54, 1.807) is 11.8 Å². The minimum absolute atomic E-state index is 0.408. The summed E-state index contributed by atoms with van der Waals surface area (Å²) in [4.78, 5) is 15.6. The zero-order valence-electron chi connectivity index (χ0n) is 11.6. The molecule has 9 heteroatoms. The number of nitrogens with one attached hydrogen (secondary N) is 1. The second-order valence-corrected chi connectivity index (χ2v) is 6.28. The second kappa shape index (κ2) is 5.18. The van der Waals surface area contributed by atoms with Crippen molar-refractivity contribution < 1.29 is 0 Å². The Hall–Kier alpha value is -2.26. The number of aromatic amines is 1. The molecule has 1 aromatic carbocycles. The molecule has 0 unspecified atom stereocenters. The van der Waals surface area contributed by atoms with Crippen LogP contribution >= 0.6 is 23.5 Å². The lowest BCUT2D eigenvalue weighted by molar-refractivity contribution is 1.07. The number of rotatable bonds is 3. The summed E-state index contributed by atoms with van der Waals surface area (Å²) in [5, 5.41) is 0.763. The van der Waals surface area contributed by atoms with Gasteiger partial charge in [-0.1, -0.05) is 23.9 Å². The number of benzene rings is 1. The van der Waals surface area contributed by atoms with Gasteiger partial charge in [-0.15, -0.1) is 0 Å². The van der Waals surface area contributed by atoms with Crippen LogP contribution < -0.4 is 5.73 Å². The number of nitrogen functional groups attached to an aromatic ring is 1. The molecular weight excluding hydrogens is 318 g/mol. The van der Waals surface area contributed by atoms with Gasteiger partial charge in [0.15, 0.2) is 16.6 Å². The largest absolute Gasteiger partial charge is 0.382 e. The van der Waals surface area contributed by atoms with E-state index >= 15 is 0 Å². The first-order valence-electron chi connectivity index (χ1n) is 6.52. The summed E-state index contributed by atoms with van der Waals surface area (Å²) in [7, 11) is 0. The van der Waals surface area contributed by atoms with E-state index in [9.17, 15) is 0 Å². The van der Waals surface area contributed by atoms with Crippen molar-refractivity contribution in [1.29, 1.82) is 0 Å². The highest BCUT2D eigenvalue weighted by molar-refractivity contribution is 7.98. The first kappa shape index (κ1) is 13.4. The van der Waals surface area contributed by atoms with Gasteiger partial charge < -0.3 is 10.7 Å². The van der Waals surface area contributed by atoms with Crippen LogP contribution in [0.2, 0.25) is 0 Å². The summed E-state index contributed by atoms with van der Waals surface area (Å²) in [6, 6.07) is 4.16. The number of H-pyrrole nitrogens is 1. The van der Waals surface area contributed by atoms with Gasteiger partial charge in [0, 0.05) is 5.75 Å². The smallest absolute Gasteiger partial charge is 0.183 e. The fourth-order valence-electron chi connectivity index (χ4n) is 2.20. The molecule has 0 aliphatic rings. The van der Waals surface area contributed by atoms with Gasteiger partial charge in [-0.25, -0.2) is 15.0 Å². The molecule has 0 bridgehead atoms. The van der Waals surface area contributed by atoms with E-state index in [0.717, 1.165) is 33.1 Å². The number of thioether (sulfide) groups is 1. The summed E-state index contributed by atoms with van der Waals surface area (Å²) >= 11 is 2.82. The van der Waals surface area contributed by atoms with Gasteiger partial charge in [-0.3, -0.25) is 0 Å². The van der Waals surface area contributed by atoms with Crippen LogP contribution in [0.15, 0.2) is 23.6 Å². The number of nitrogens with two attached hydrogens (primary N) is 1. The maximum atomic E-state index is 5.81. The number of aromatic nitrogens is 6. The van der Waals surface area contributed by atoms with Crippen molar-refractivity contribution in [3.63, 3.8) is 0 Å². The zero-order chi connectivity index (χ0) is 15.1. The molecule has 110 valence electrons. The monoisotopic (exact) mass is 329 g/mol. The summed E-state index contributed by atoms with van der Waals surface area (Å²) in [6.45, 7) is 2.04. The molecule has 3 heterocycles. The second-order valence-electron chi connectivity index (χ2n) is 4.79. The van der Waals surface area contributed by atoms with E-state index in [4.69, 9.17) is 5.73 Å². The molecule has 7 nitrogen and oxygen atoms in total. The Morgan fingerprint density at radius 2 is 2.09 bits per heavy atom. The van der Waals surface area contributed by atoms with Crippen LogP contribution in [0.4, 0.5) is 5.82 Å². The van der Waals surface area contributed by atoms with Crippen LogP contribution in [0.3, 0.4) is 0 Å². The summed E-state index contributed by atoms with van der Waals surface area (Å²) in [5.74, 6) is 1.15. The maximum absolute atomic E-state index is 5.81. The number of imidazole rings is 1. The van der Waals surface area contributed by atoms with Gasteiger partial charge in [0.2, 0.25) is 0 Å². The molecule has 0 saturated heterocycles. The lowest BCUT2D eigenvalue weighted by Gasteiger charge is -2.01. The Morgan fingerprint density at radius 1 is 1.23 bits per heavy atom. The normalized spacial score (nSPS) is 11.5. The van der Waals surface area contributed by atoms with Crippen molar-refractivity contribution in [1.82, 2.24) is 28.7 Å². The number of aryl methyl sites for hydroxylation is 1. The summed E-state index contributed by atoms with van der Waals surface area (Å²) < 4.78 is 8.74. The van der Waals surface area contributed by atoms with Crippen molar-refractivity contribution in [2.24, 2.45) is 0 Å². The highest BCUT2D eigenvalue weighted by Gasteiger charge is 2.11. The van der Waals surface area contributed by atoms with Crippen molar-refractivity contribution in [3.8, 4) is 0 Å². The molecule has 4 rings (SSSR count). The first-order chi connectivity index (χ1) is 10.7. The van der Waals surface area contributed by atoms with Gasteiger partial charge in [0.1, 0.15) is 22.9 Å². The first-order valence-corrected chi connectivity index (χ1v) is 8.23. The molecule has 3 aromatic heterocycles. The molecule has 0 fully saturated rings. The van der Waals surface area contributed by atoms with E-state index in [-0.39, 0.29) is 0 Å². The van der Waals surface area contributed by atoms with Crippen molar-refractivity contribution in [2.75, 3.05) is 5.73 Å². The fraction of sp³-hybridized carbons (Fsp3) is 0.154. The predicted molar refractivity (Wildman–Crippen MR) is 87.8 cm³/mol. The molecule has 4 aromatic rings. The molecule has 3 N–H and O–H groups in total. The molecule has 0 aliphatic carbocycles. The topological polar surface area (TPSA) is 106 Å². The van der Waals surface area contributed by atoms with E-state index in [2.05, 4.69) is 40.8 Å². The summed E-state index contributed by atoms with van der Waals surface area (Å²) in [6.07, 6.45) is 1.41. The fourth-order valence-corrected chi connectivity index (χ4v) is 3.69. The Labute approximate surface area is 133 Å². The average Bonchev–Trinajstić information content (AvgIpc) is 3.14. The predicted octanol–water partition coefficient (Wildman–Crippen LogP) is 2.54. The highest BCUT2D eigenvalue weighted by Crippen LogP contribution is 2.28. The van der Waals surface area contributed by atoms with Crippen molar-refractivity contribution >= 4 is 51.5 Å².